The van der Waals surface area contributed by atoms with Crippen LogP contribution in [0.15, 0.2) is 18.7 Å². The fraction of sp³-hybridized carbons (Fsp3) is 0.533. The lowest BCUT2D eigenvalue weighted by atomic mass is 10.0. The van der Waals surface area contributed by atoms with Crippen LogP contribution in [0, 0.1) is 6.92 Å². The first-order chi connectivity index (χ1) is 10.1. The predicted octanol–water partition coefficient (Wildman–Crippen LogP) is 2.64. The minimum atomic E-state index is 0.512. The lowest BCUT2D eigenvalue weighted by Crippen LogP contribution is -2.38. The maximum Gasteiger partial charge on any atom is 0.231 e. The Morgan fingerprint density at radius 3 is 3.05 bits per heavy atom. The van der Waals surface area contributed by atoms with Crippen molar-refractivity contribution in [2.45, 2.75) is 39.2 Å². The van der Waals surface area contributed by atoms with Crippen molar-refractivity contribution >= 4 is 29.1 Å². The van der Waals surface area contributed by atoms with Gasteiger partial charge in [0.15, 0.2) is 5.11 Å². The number of aryl methyl sites for hydroxylation is 1. The Morgan fingerprint density at radius 1 is 1.52 bits per heavy atom. The highest BCUT2D eigenvalue weighted by molar-refractivity contribution is 7.80. The average molecular weight is 305 g/mol. The van der Waals surface area contributed by atoms with E-state index in [0.29, 0.717) is 23.6 Å². The standard InChI is InChI=1S/C15H23N5S/c1-4-8-16-15(21)19-14-17-11(2)10-13(18-14)20-9-6-5-7-12(20)3/h4,10,12H,1,5-9H2,2-3H3,(H2,16,17,18,19,21)/t12-/m1/s1. The minimum absolute atomic E-state index is 0.512. The number of hydrogen-bond donors (Lipinski definition) is 2. The molecule has 0 aromatic carbocycles. The summed E-state index contributed by atoms with van der Waals surface area (Å²) in [4.78, 5) is 11.4. The first kappa shape index (κ1) is 15.7. The van der Waals surface area contributed by atoms with Gasteiger partial charge in [0.2, 0.25) is 5.95 Å². The molecule has 21 heavy (non-hydrogen) atoms. The highest BCUT2D eigenvalue weighted by Gasteiger charge is 2.20. The van der Waals surface area contributed by atoms with Crippen molar-refractivity contribution in [3.8, 4) is 0 Å². The topological polar surface area (TPSA) is 53.1 Å². The molecule has 0 radical (unpaired) electrons. The fourth-order valence-electron chi connectivity index (χ4n) is 2.50. The first-order valence-corrected chi connectivity index (χ1v) is 7.79. The number of rotatable bonds is 4. The van der Waals surface area contributed by atoms with E-state index in [1.807, 2.05) is 13.0 Å². The van der Waals surface area contributed by atoms with Gasteiger partial charge in [-0.3, -0.25) is 0 Å². The van der Waals surface area contributed by atoms with Gasteiger partial charge in [-0.15, -0.1) is 6.58 Å². The maximum atomic E-state index is 5.20. The Morgan fingerprint density at radius 2 is 2.33 bits per heavy atom. The largest absolute Gasteiger partial charge is 0.359 e. The fourth-order valence-corrected chi connectivity index (χ4v) is 2.68. The summed E-state index contributed by atoms with van der Waals surface area (Å²) in [7, 11) is 0. The molecule has 1 aromatic heterocycles. The van der Waals surface area contributed by atoms with Crippen molar-refractivity contribution in [3.05, 3.63) is 24.4 Å². The van der Waals surface area contributed by atoms with Gasteiger partial charge in [-0.05, 0) is 45.3 Å². The van der Waals surface area contributed by atoms with Gasteiger partial charge in [0.25, 0.3) is 0 Å². The van der Waals surface area contributed by atoms with Gasteiger partial charge in [0.1, 0.15) is 5.82 Å². The van der Waals surface area contributed by atoms with Crippen LogP contribution < -0.4 is 15.5 Å². The average Bonchev–Trinajstić information content (AvgIpc) is 2.45. The number of nitrogens with zero attached hydrogens (tertiary/aromatic N) is 3. The lowest BCUT2D eigenvalue weighted by molar-refractivity contribution is 0.481. The van der Waals surface area contributed by atoms with Crippen LogP contribution in [0.2, 0.25) is 0 Å². The van der Waals surface area contributed by atoms with Crippen molar-refractivity contribution in [1.82, 2.24) is 15.3 Å². The number of hydrogen-bond acceptors (Lipinski definition) is 4. The molecule has 0 saturated carbocycles. The van der Waals surface area contributed by atoms with Gasteiger partial charge >= 0.3 is 0 Å². The molecule has 1 aliphatic heterocycles. The molecule has 1 aromatic rings. The third-order valence-electron chi connectivity index (χ3n) is 3.57. The SMILES string of the molecule is C=CCNC(=S)Nc1nc(C)cc(N2CCCC[C@H]2C)n1. The highest BCUT2D eigenvalue weighted by atomic mass is 32.1. The maximum absolute atomic E-state index is 5.20. The van der Waals surface area contributed by atoms with Gasteiger partial charge in [0.05, 0.1) is 0 Å². The molecule has 0 spiro atoms. The monoisotopic (exact) mass is 305 g/mol. The second kappa shape index (κ2) is 7.36. The van der Waals surface area contributed by atoms with Crippen LogP contribution >= 0.6 is 12.2 Å². The second-order valence-corrected chi connectivity index (χ2v) is 5.76. The van der Waals surface area contributed by atoms with Crippen LogP contribution in [-0.2, 0) is 0 Å². The zero-order chi connectivity index (χ0) is 15.2. The second-order valence-electron chi connectivity index (χ2n) is 5.35. The Labute approximate surface area is 131 Å². The van der Waals surface area contributed by atoms with Crippen LogP contribution in [0.1, 0.15) is 31.9 Å². The summed E-state index contributed by atoms with van der Waals surface area (Å²) in [5.41, 5.74) is 0.937. The summed E-state index contributed by atoms with van der Waals surface area (Å²) in [5.74, 6) is 1.52. The van der Waals surface area contributed by atoms with E-state index in [0.717, 1.165) is 18.1 Å². The van der Waals surface area contributed by atoms with E-state index in [9.17, 15) is 0 Å². The summed E-state index contributed by atoms with van der Waals surface area (Å²) in [5, 5.41) is 6.56. The Balaban J connectivity index is 2.12. The van der Waals surface area contributed by atoms with Gasteiger partial charge in [-0.1, -0.05) is 6.08 Å². The Kier molecular flexibility index (Phi) is 5.50. The molecule has 0 bridgehead atoms. The molecule has 0 aliphatic carbocycles. The van der Waals surface area contributed by atoms with Crippen LogP contribution in [-0.4, -0.2) is 34.2 Å². The summed E-state index contributed by atoms with van der Waals surface area (Å²) >= 11 is 5.20. The van der Waals surface area contributed by atoms with Crippen molar-refractivity contribution < 1.29 is 0 Å². The third kappa shape index (κ3) is 4.39. The molecule has 2 rings (SSSR count). The number of anilines is 2. The zero-order valence-corrected chi connectivity index (χ0v) is 13.5. The first-order valence-electron chi connectivity index (χ1n) is 7.38. The van der Waals surface area contributed by atoms with Crippen LogP contribution in [0.3, 0.4) is 0 Å². The predicted molar refractivity (Wildman–Crippen MR) is 91.8 cm³/mol. The molecule has 1 atom stereocenters. The molecule has 0 unspecified atom stereocenters. The smallest absolute Gasteiger partial charge is 0.231 e. The molecule has 1 aliphatic rings. The van der Waals surface area contributed by atoms with E-state index in [1.165, 1.54) is 19.3 Å². The molecule has 1 fully saturated rings. The summed E-state index contributed by atoms with van der Waals surface area (Å²) in [6.07, 6.45) is 5.48. The van der Waals surface area contributed by atoms with E-state index in [-0.39, 0.29) is 0 Å². The van der Waals surface area contributed by atoms with E-state index in [1.54, 1.807) is 6.08 Å². The molecule has 114 valence electrons. The summed E-state index contributed by atoms with van der Waals surface area (Å²) in [6.45, 7) is 9.55. The van der Waals surface area contributed by atoms with Crippen molar-refractivity contribution in [3.63, 3.8) is 0 Å². The number of piperidine rings is 1. The Bertz CT molecular complexity index is 517. The van der Waals surface area contributed by atoms with Crippen molar-refractivity contribution in [2.75, 3.05) is 23.3 Å². The molecular formula is C15H23N5S. The highest BCUT2D eigenvalue weighted by Crippen LogP contribution is 2.24. The Hall–Kier alpha value is -1.69. The number of aromatic nitrogens is 2. The van der Waals surface area contributed by atoms with Crippen LogP contribution in [0.4, 0.5) is 11.8 Å². The van der Waals surface area contributed by atoms with Crippen molar-refractivity contribution in [2.24, 2.45) is 0 Å². The molecule has 6 heteroatoms. The van der Waals surface area contributed by atoms with Crippen LogP contribution in [0.5, 0.6) is 0 Å². The molecular weight excluding hydrogens is 282 g/mol. The molecule has 2 N–H and O–H groups in total. The quantitative estimate of drug-likeness (QED) is 0.659. The third-order valence-corrected chi connectivity index (χ3v) is 3.82. The van der Waals surface area contributed by atoms with Gasteiger partial charge in [0, 0.05) is 30.9 Å². The lowest BCUT2D eigenvalue weighted by Gasteiger charge is -2.34. The normalized spacial score (nSPS) is 18.2. The van der Waals surface area contributed by atoms with Gasteiger partial charge < -0.3 is 15.5 Å². The zero-order valence-electron chi connectivity index (χ0n) is 12.7. The summed E-state index contributed by atoms with van der Waals surface area (Å²) < 4.78 is 0. The number of thiocarbonyl (C=S) groups is 1. The number of nitrogens with one attached hydrogen (secondary N) is 2. The minimum Gasteiger partial charge on any atom is -0.359 e. The molecule has 5 nitrogen and oxygen atoms in total. The van der Waals surface area contributed by atoms with Gasteiger partial charge in [-0.2, -0.15) is 4.98 Å². The molecule has 2 heterocycles. The van der Waals surface area contributed by atoms with E-state index in [2.05, 4.69) is 39.0 Å². The molecule has 1 saturated heterocycles. The van der Waals surface area contributed by atoms with Crippen molar-refractivity contribution in [1.29, 1.82) is 0 Å². The molecule has 0 amide bonds. The van der Waals surface area contributed by atoms with E-state index < -0.39 is 0 Å². The van der Waals surface area contributed by atoms with Crippen LogP contribution in [0.25, 0.3) is 0 Å². The summed E-state index contributed by atoms with van der Waals surface area (Å²) in [6, 6.07) is 2.56. The van der Waals surface area contributed by atoms with E-state index >= 15 is 0 Å². The van der Waals surface area contributed by atoms with Gasteiger partial charge in [-0.25, -0.2) is 4.98 Å². The van der Waals surface area contributed by atoms with E-state index in [4.69, 9.17) is 12.2 Å².